The molecule has 106 valence electrons. The number of carbonyl (C=O) groups excluding carboxylic acids is 1. The fourth-order valence-electron chi connectivity index (χ4n) is 2.40. The molecular formula is C14H22N2O3. The van der Waals surface area contributed by atoms with Gasteiger partial charge in [0.25, 0.3) is 0 Å². The van der Waals surface area contributed by atoms with Gasteiger partial charge in [-0.15, -0.1) is 0 Å². The Morgan fingerprint density at radius 1 is 1.47 bits per heavy atom. The number of aromatic nitrogens is 1. The van der Waals surface area contributed by atoms with Gasteiger partial charge in [-0.1, -0.05) is 5.16 Å². The van der Waals surface area contributed by atoms with Crippen molar-refractivity contribution >= 4 is 5.91 Å². The van der Waals surface area contributed by atoms with Crippen molar-refractivity contribution < 1.29 is 14.4 Å². The molecule has 1 saturated carbocycles. The second-order valence-electron chi connectivity index (χ2n) is 5.55. The summed E-state index contributed by atoms with van der Waals surface area (Å²) in [5.74, 6) is 0.855. The van der Waals surface area contributed by atoms with Gasteiger partial charge in [-0.2, -0.15) is 0 Å². The highest BCUT2D eigenvalue weighted by atomic mass is 16.5. The first-order valence-corrected chi connectivity index (χ1v) is 6.86. The van der Waals surface area contributed by atoms with Crippen LogP contribution in [0, 0.1) is 19.3 Å². The Morgan fingerprint density at radius 3 is 2.74 bits per heavy atom. The van der Waals surface area contributed by atoms with Crippen LogP contribution < -0.4 is 5.32 Å². The number of nitrogens with one attached hydrogen (secondary N) is 1. The summed E-state index contributed by atoms with van der Waals surface area (Å²) in [6, 6.07) is 0. The van der Waals surface area contributed by atoms with Crippen molar-refractivity contribution in [1.29, 1.82) is 0 Å². The smallest absolute Gasteiger partial charge is 0.220 e. The molecule has 1 fully saturated rings. The van der Waals surface area contributed by atoms with E-state index in [-0.39, 0.29) is 17.9 Å². The molecular weight excluding hydrogens is 244 g/mol. The van der Waals surface area contributed by atoms with E-state index in [2.05, 4.69) is 10.5 Å². The summed E-state index contributed by atoms with van der Waals surface area (Å²) in [6.45, 7) is 4.65. The highest BCUT2D eigenvalue weighted by Crippen LogP contribution is 2.47. The second kappa shape index (κ2) is 5.74. The van der Waals surface area contributed by atoms with Gasteiger partial charge >= 0.3 is 0 Å². The van der Waals surface area contributed by atoms with Crippen molar-refractivity contribution in [1.82, 2.24) is 10.5 Å². The normalized spacial score (nSPS) is 16.4. The van der Waals surface area contributed by atoms with E-state index in [1.165, 1.54) is 0 Å². The van der Waals surface area contributed by atoms with Crippen LogP contribution in [0.15, 0.2) is 4.52 Å². The maximum atomic E-state index is 11.8. The molecule has 0 spiro atoms. The zero-order valence-corrected chi connectivity index (χ0v) is 11.7. The Kier molecular flexibility index (Phi) is 4.24. The number of rotatable bonds is 7. The van der Waals surface area contributed by atoms with Crippen LogP contribution in [0.4, 0.5) is 0 Å². The molecule has 5 nitrogen and oxygen atoms in total. The Balaban J connectivity index is 1.73. The molecule has 1 aromatic rings. The third kappa shape index (κ3) is 3.56. The number of nitrogens with zero attached hydrogens (tertiary/aromatic N) is 1. The summed E-state index contributed by atoms with van der Waals surface area (Å²) in [4.78, 5) is 11.8. The Hall–Kier alpha value is -1.36. The van der Waals surface area contributed by atoms with Gasteiger partial charge in [-0.3, -0.25) is 4.79 Å². The number of aliphatic hydroxyl groups excluding tert-OH is 1. The molecule has 19 heavy (non-hydrogen) atoms. The summed E-state index contributed by atoms with van der Waals surface area (Å²) in [6.07, 6.45) is 4.13. The maximum absolute atomic E-state index is 11.8. The maximum Gasteiger partial charge on any atom is 0.220 e. The van der Waals surface area contributed by atoms with Crippen molar-refractivity contribution in [2.45, 2.75) is 46.0 Å². The van der Waals surface area contributed by atoms with Gasteiger partial charge in [0.1, 0.15) is 5.76 Å². The topological polar surface area (TPSA) is 75.4 Å². The SMILES string of the molecule is Cc1noc(C)c1CCC(=O)NCC1(CCO)CC1. The number of carbonyl (C=O) groups is 1. The third-order valence-electron chi connectivity index (χ3n) is 4.04. The van der Waals surface area contributed by atoms with E-state index >= 15 is 0 Å². The van der Waals surface area contributed by atoms with Crippen LogP contribution in [0.3, 0.4) is 0 Å². The molecule has 1 aliphatic carbocycles. The largest absolute Gasteiger partial charge is 0.396 e. The lowest BCUT2D eigenvalue weighted by Gasteiger charge is -2.14. The quantitative estimate of drug-likeness (QED) is 0.784. The van der Waals surface area contributed by atoms with E-state index in [0.29, 0.717) is 19.4 Å². The first-order valence-electron chi connectivity index (χ1n) is 6.86. The molecule has 1 aromatic heterocycles. The lowest BCUT2D eigenvalue weighted by molar-refractivity contribution is -0.121. The van der Waals surface area contributed by atoms with Crippen LogP contribution in [0.1, 0.15) is 42.7 Å². The van der Waals surface area contributed by atoms with Gasteiger partial charge in [0.05, 0.1) is 5.69 Å². The van der Waals surface area contributed by atoms with Gasteiger partial charge in [0.2, 0.25) is 5.91 Å². The predicted molar refractivity (Wildman–Crippen MR) is 70.7 cm³/mol. The lowest BCUT2D eigenvalue weighted by Crippen LogP contribution is -2.30. The highest BCUT2D eigenvalue weighted by molar-refractivity contribution is 5.76. The van der Waals surface area contributed by atoms with Crippen molar-refractivity contribution in [3.8, 4) is 0 Å². The standard InChI is InChI=1S/C14H22N2O3/c1-10-12(11(2)19-16-10)3-4-13(18)15-9-14(5-6-14)7-8-17/h17H,3-9H2,1-2H3,(H,15,18). The summed E-state index contributed by atoms with van der Waals surface area (Å²) >= 11 is 0. The highest BCUT2D eigenvalue weighted by Gasteiger charge is 2.41. The van der Waals surface area contributed by atoms with Gasteiger partial charge in [-0.25, -0.2) is 0 Å². The van der Waals surface area contributed by atoms with Gasteiger partial charge < -0.3 is 14.9 Å². The van der Waals surface area contributed by atoms with Crippen molar-refractivity contribution in [2.75, 3.05) is 13.2 Å². The first-order chi connectivity index (χ1) is 9.06. The molecule has 2 rings (SSSR count). The van der Waals surface area contributed by atoms with Crippen LogP contribution in [-0.4, -0.2) is 29.3 Å². The van der Waals surface area contributed by atoms with E-state index in [4.69, 9.17) is 9.63 Å². The number of hydrogen-bond donors (Lipinski definition) is 2. The van der Waals surface area contributed by atoms with Crippen LogP contribution in [-0.2, 0) is 11.2 Å². The Bertz CT molecular complexity index is 430. The minimum atomic E-state index is 0.0595. The van der Waals surface area contributed by atoms with Crippen molar-refractivity contribution in [3.63, 3.8) is 0 Å². The fourth-order valence-corrected chi connectivity index (χ4v) is 2.40. The minimum absolute atomic E-state index is 0.0595. The molecule has 1 aliphatic rings. The number of hydrogen-bond acceptors (Lipinski definition) is 4. The van der Waals surface area contributed by atoms with Crippen molar-refractivity contribution in [3.05, 3.63) is 17.0 Å². The molecule has 0 bridgehead atoms. The van der Waals surface area contributed by atoms with Gasteiger partial charge in [0.15, 0.2) is 0 Å². The molecule has 2 N–H and O–H groups in total. The monoisotopic (exact) mass is 266 g/mol. The molecule has 1 heterocycles. The lowest BCUT2D eigenvalue weighted by atomic mass is 10.0. The van der Waals surface area contributed by atoms with E-state index < -0.39 is 0 Å². The third-order valence-corrected chi connectivity index (χ3v) is 4.04. The van der Waals surface area contributed by atoms with Gasteiger partial charge in [0, 0.05) is 25.1 Å². The second-order valence-corrected chi connectivity index (χ2v) is 5.55. The van der Waals surface area contributed by atoms with Crippen molar-refractivity contribution in [2.24, 2.45) is 5.41 Å². The van der Waals surface area contributed by atoms with Gasteiger partial charge in [-0.05, 0) is 44.9 Å². The molecule has 1 amide bonds. The van der Waals surface area contributed by atoms with Crippen LogP contribution in [0.5, 0.6) is 0 Å². The van der Waals surface area contributed by atoms with E-state index in [1.54, 1.807) is 0 Å². The number of amides is 1. The molecule has 0 atom stereocenters. The van der Waals surface area contributed by atoms with Crippen LogP contribution in [0.2, 0.25) is 0 Å². The average Bonchev–Trinajstić information content (AvgIpc) is 3.07. The van der Waals surface area contributed by atoms with Crippen LogP contribution in [0.25, 0.3) is 0 Å². The summed E-state index contributed by atoms with van der Waals surface area (Å²) in [7, 11) is 0. The number of aliphatic hydroxyl groups is 1. The minimum Gasteiger partial charge on any atom is -0.396 e. The summed E-state index contributed by atoms with van der Waals surface area (Å²) in [5, 5.41) is 15.8. The number of aryl methyl sites for hydroxylation is 2. The Morgan fingerprint density at radius 2 is 2.21 bits per heavy atom. The molecule has 0 aromatic carbocycles. The zero-order valence-electron chi connectivity index (χ0n) is 11.7. The first kappa shape index (κ1) is 14.1. The zero-order chi connectivity index (χ0) is 13.9. The van der Waals surface area contributed by atoms with E-state index in [1.807, 2.05) is 13.8 Å². The van der Waals surface area contributed by atoms with Crippen LogP contribution >= 0.6 is 0 Å². The fraction of sp³-hybridized carbons (Fsp3) is 0.714. The Labute approximate surface area is 113 Å². The molecule has 5 heteroatoms. The van der Waals surface area contributed by atoms with E-state index in [9.17, 15) is 4.79 Å². The predicted octanol–water partition coefficient (Wildman–Crippen LogP) is 1.50. The summed E-state index contributed by atoms with van der Waals surface area (Å²) < 4.78 is 5.07. The molecule has 0 aliphatic heterocycles. The molecule has 0 saturated heterocycles. The van der Waals surface area contributed by atoms with E-state index in [0.717, 1.165) is 36.3 Å². The molecule has 0 unspecified atom stereocenters. The summed E-state index contributed by atoms with van der Waals surface area (Å²) in [5.41, 5.74) is 2.07. The molecule has 0 radical (unpaired) electrons. The average molecular weight is 266 g/mol.